The van der Waals surface area contributed by atoms with E-state index in [4.69, 9.17) is 9.72 Å². The Labute approximate surface area is 219 Å². The number of nitrogens with one attached hydrogen (secondary N) is 2. The zero-order valence-electron chi connectivity index (χ0n) is 21.5. The van der Waals surface area contributed by atoms with Gasteiger partial charge in [-0.15, -0.1) is 0 Å². The molecule has 1 saturated carbocycles. The Balaban J connectivity index is 1.57. The molecule has 194 valence electrons. The molecule has 1 aliphatic rings. The largest absolute Gasteiger partial charge is 0.495 e. The highest BCUT2D eigenvalue weighted by Crippen LogP contribution is 2.37. The molecule has 0 spiro atoms. The maximum absolute atomic E-state index is 13.4. The molecular weight excluding hydrogens is 490 g/mol. The minimum absolute atomic E-state index is 0.114. The highest BCUT2D eigenvalue weighted by Gasteiger charge is 2.23. The molecule has 1 heterocycles. The fourth-order valence-electron chi connectivity index (χ4n) is 4.68. The lowest BCUT2D eigenvalue weighted by Gasteiger charge is -2.15. The number of unbranched alkanes of at least 4 members (excludes halogenated alkanes) is 1. The van der Waals surface area contributed by atoms with Crippen LogP contribution in [0.2, 0.25) is 0 Å². The number of hydrogen-bond donors (Lipinski definition) is 2. The molecule has 0 amide bonds. The third-order valence-electron chi connectivity index (χ3n) is 6.72. The Bertz CT molecular complexity index is 1250. The summed E-state index contributed by atoms with van der Waals surface area (Å²) in [6.45, 7) is 4.13. The number of rotatable bonds is 10. The van der Waals surface area contributed by atoms with E-state index in [0.29, 0.717) is 17.5 Å². The number of ether oxygens (including phenoxy) is 1. The summed E-state index contributed by atoms with van der Waals surface area (Å²) in [7, 11) is -2.37. The predicted molar refractivity (Wildman–Crippen MR) is 150 cm³/mol. The molecule has 4 rings (SSSR count). The fourth-order valence-corrected chi connectivity index (χ4v) is 6.98. The molecule has 0 bridgehead atoms. The smallest absolute Gasteiger partial charge is 0.265 e. The first-order chi connectivity index (χ1) is 17.4. The molecule has 0 radical (unpaired) electrons. The summed E-state index contributed by atoms with van der Waals surface area (Å²) in [4.78, 5) is 5.83. The van der Waals surface area contributed by atoms with Gasteiger partial charge in [-0.3, -0.25) is 4.72 Å². The van der Waals surface area contributed by atoms with Gasteiger partial charge in [0.05, 0.1) is 17.7 Å². The fraction of sp³-hybridized carbons (Fsp3) is 0.464. The zero-order valence-corrected chi connectivity index (χ0v) is 23.1. The second-order valence-electron chi connectivity index (χ2n) is 9.54. The Morgan fingerprint density at radius 2 is 1.78 bits per heavy atom. The Kier molecular flexibility index (Phi) is 8.90. The molecule has 2 N–H and O–H groups in total. The van der Waals surface area contributed by atoms with Gasteiger partial charge < -0.3 is 10.1 Å². The average molecular weight is 528 g/mol. The normalized spacial score (nSPS) is 14.9. The van der Waals surface area contributed by atoms with Gasteiger partial charge >= 0.3 is 0 Å². The molecule has 0 unspecified atom stereocenters. The van der Waals surface area contributed by atoms with Crippen LogP contribution in [0.5, 0.6) is 5.75 Å². The number of aromatic nitrogens is 1. The van der Waals surface area contributed by atoms with Crippen molar-refractivity contribution in [1.29, 1.82) is 0 Å². The van der Waals surface area contributed by atoms with Crippen LogP contribution in [-0.4, -0.2) is 26.6 Å². The summed E-state index contributed by atoms with van der Waals surface area (Å²) in [6, 6.07) is 13.3. The molecule has 36 heavy (non-hydrogen) atoms. The third-order valence-corrected chi connectivity index (χ3v) is 9.26. The molecule has 8 heteroatoms. The lowest BCUT2D eigenvalue weighted by Crippen LogP contribution is -2.17. The molecule has 6 nitrogen and oxygen atoms in total. The van der Waals surface area contributed by atoms with Crippen molar-refractivity contribution >= 4 is 32.2 Å². The van der Waals surface area contributed by atoms with Crippen molar-refractivity contribution in [2.45, 2.75) is 82.6 Å². The number of benzene rings is 2. The van der Waals surface area contributed by atoms with Crippen molar-refractivity contribution in [1.82, 2.24) is 4.98 Å². The standard InChI is InChI=1S/C28H37N3O3S2/c1-4-5-10-21-13-16-24(17-14-21)31-36(32,33)26-19-22(15-18-25(26)34-3)27-20(2)29-28(35-27)30-23-11-8-6-7-9-12-23/h13-19,23,31H,4-12H2,1-3H3,(H,29,30). The van der Waals surface area contributed by atoms with Crippen molar-refractivity contribution in [2.24, 2.45) is 0 Å². The molecule has 0 saturated heterocycles. The number of anilines is 2. The molecule has 1 fully saturated rings. The van der Waals surface area contributed by atoms with Gasteiger partial charge in [0, 0.05) is 11.7 Å². The Morgan fingerprint density at radius 1 is 1.06 bits per heavy atom. The van der Waals surface area contributed by atoms with Crippen LogP contribution in [0.4, 0.5) is 10.8 Å². The number of hydrogen-bond acceptors (Lipinski definition) is 6. The van der Waals surface area contributed by atoms with E-state index >= 15 is 0 Å². The van der Waals surface area contributed by atoms with Crippen LogP contribution in [0.1, 0.15) is 69.5 Å². The van der Waals surface area contributed by atoms with Gasteiger partial charge in [-0.25, -0.2) is 13.4 Å². The van der Waals surface area contributed by atoms with Crippen molar-refractivity contribution < 1.29 is 13.2 Å². The number of nitrogens with zero attached hydrogens (tertiary/aromatic N) is 1. The van der Waals surface area contributed by atoms with Crippen molar-refractivity contribution in [3.8, 4) is 16.2 Å². The topological polar surface area (TPSA) is 80.3 Å². The van der Waals surface area contributed by atoms with Gasteiger partial charge in [-0.1, -0.05) is 62.5 Å². The predicted octanol–water partition coefficient (Wildman–Crippen LogP) is 7.41. The van der Waals surface area contributed by atoms with Crippen molar-refractivity contribution in [3.05, 3.63) is 53.7 Å². The van der Waals surface area contributed by atoms with Gasteiger partial charge in [0.15, 0.2) is 5.13 Å². The summed E-state index contributed by atoms with van der Waals surface area (Å²) in [5, 5.41) is 4.52. The highest BCUT2D eigenvalue weighted by molar-refractivity contribution is 7.92. The van der Waals surface area contributed by atoms with E-state index in [1.807, 2.05) is 37.3 Å². The van der Waals surface area contributed by atoms with Crippen LogP contribution < -0.4 is 14.8 Å². The van der Waals surface area contributed by atoms with Gasteiger partial charge in [0.2, 0.25) is 0 Å². The molecule has 1 aliphatic carbocycles. The van der Waals surface area contributed by atoms with E-state index in [0.717, 1.165) is 40.5 Å². The van der Waals surface area contributed by atoms with Gasteiger partial charge in [0.1, 0.15) is 10.6 Å². The molecule has 1 aromatic heterocycles. The summed E-state index contributed by atoms with van der Waals surface area (Å²) in [5.41, 5.74) is 3.44. The second kappa shape index (κ2) is 12.1. The van der Waals surface area contributed by atoms with E-state index in [1.54, 1.807) is 23.5 Å². The number of thiazole rings is 1. The lowest BCUT2D eigenvalue weighted by molar-refractivity contribution is 0.403. The second-order valence-corrected chi connectivity index (χ2v) is 12.2. The van der Waals surface area contributed by atoms with Gasteiger partial charge in [0.25, 0.3) is 10.0 Å². The average Bonchev–Trinajstić information content (AvgIpc) is 3.05. The van der Waals surface area contributed by atoms with E-state index < -0.39 is 10.0 Å². The molecule has 3 aromatic rings. The van der Waals surface area contributed by atoms with Gasteiger partial charge in [-0.2, -0.15) is 0 Å². The van der Waals surface area contributed by atoms with Crippen molar-refractivity contribution in [3.63, 3.8) is 0 Å². The van der Waals surface area contributed by atoms with E-state index in [1.165, 1.54) is 51.2 Å². The highest BCUT2D eigenvalue weighted by atomic mass is 32.2. The molecule has 0 atom stereocenters. The monoisotopic (exact) mass is 527 g/mol. The molecular formula is C28H37N3O3S2. The summed E-state index contributed by atoms with van der Waals surface area (Å²) in [5.74, 6) is 0.310. The lowest BCUT2D eigenvalue weighted by atomic mass is 10.1. The zero-order chi connectivity index (χ0) is 25.5. The first kappa shape index (κ1) is 26.5. The summed E-state index contributed by atoms with van der Waals surface area (Å²) < 4.78 is 34.9. The van der Waals surface area contributed by atoms with Crippen LogP contribution in [-0.2, 0) is 16.4 Å². The van der Waals surface area contributed by atoms with E-state index in [9.17, 15) is 8.42 Å². The van der Waals surface area contributed by atoms with Crippen molar-refractivity contribution in [2.75, 3.05) is 17.1 Å². The van der Waals surface area contributed by atoms with Gasteiger partial charge in [-0.05, 0) is 74.1 Å². The SMILES string of the molecule is CCCCc1ccc(NS(=O)(=O)c2cc(-c3sc(NC4CCCCCC4)nc3C)ccc2OC)cc1. The number of sulfonamides is 1. The number of methoxy groups -OCH3 is 1. The minimum Gasteiger partial charge on any atom is -0.495 e. The molecule has 2 aromatic carbocycles. The summed E-state index contributed by atoms with van der Waals surface area (Å²) >= 11 is 1.58. The van der Waals surface area contributed by atoms with E-state index in [-0.39, 0.29) is 4.90 Å². The van der Waals surface area contributed by atoms with Crippen LogP contribution in [0.3, 0.4) is 0 Å². The van der Waals surface area contributed by atoms with Crippen LogP contribution in [0, 0.1) is 6.92 Å². The maximum Gasteiger partial charge on any atom is 0.265 e. The Hall–Kier alpha value is -2.58. The molecule has 0 aliphatic heterocycles. The minimum atomic E-state index is -3.86. The van der Waals surface area contributed by atoms with Crippen LogP contribution in [0.25, 0.3) is 10.4 Å². The van der Waals surface area contributed by atoms with Crippen LogP contribution >= 0.6 is 11.3 Å². The van der Waals surface area contributed by atoms with E-state index in [2.05, 4.69) is 17.0 Å². The first-order valence-electron chi connectivity index (χ1n) is 12.9. The summed E-state index contributed by atoms with van der Waals surface area (Å²) in [6.07, 6.45) is 10.7. The van der Waals surface area contributed by atoms with Crippen LogP contribution in [0.15, 0.2) is 47.4 Å². The maximum atomic E-state index is 13.4. The first-order valence-corrected chi connectivity index (χ1v) is 15.2. The third kappa shape index (κ3) is 6.59. The number of aryl methyl sites for hydroxylation is 2. The Morgan fingerprint density at radius 3 is 2.44 bits per heavy atom. The quantitative estimate of drug-likeness (QED) is 0.268.